The number of nitrogens with one attached hydrogen (secondary N) is 2. The second-order valence-corrected chi connectivity index (χ2v) is 11.1. The van der Waals surface area contributed by atoms with Gasteiger partial charge in [0.1, 0.15) is 11.3 Å². The lowest BCUT2D eigenvalue weighted by Gasteiger charge is -2.20. The molecule has 3 aromatic carbocycles. The summed E-state index contributed by atoms with van der Waals surface area (Å²) >= 11 is 0. The molecule has 2 N–H and O–H groups in total. The summed E-state index contributed by atoms with van der Waals surface area (Å²) in [6.45, 7) is 6.57. The highest BCUT2D eigenvalue weighted by molar-refractivity contribution is 5.81. The summed E-state index contributed by atoms with van der Waals surface area (Å²) in [5.41, 5.74) is 14.6. The lowest BCUT2D eigenvalue weighted by Crippen LogP contribution is -2.09. The standard InChI is InChI=1S/C34H33N7/c1-4-30-36-32-21(3)31(29(35-34(32)37-30)18-15-22-10-6-5-9-20(22)2)27-17-14-24-19-23(13-16-26(24)27)25-11-7-8-12-28(25)33-38-40-41-39-33/h5-13,16,19,27H,4,14-15,17-18H2,1-3H3,(H,35,36,37)(H,38,39,40,41)/t27-/m0/s1. The van der Waals surface area contributed by atoms with E-state index in [1.54, 1.807) is 0 Å². The van der Waals surface area contributed by atoms with E-state index in [4.69, 9.17) is 9.97 Å². The van der Waals surface area contributed by atoms with Gasteiger partial charge in [-0.2, -0.15) is 0 Å². The van der Waals surface area contributed by atoms with E-state index in [1.807, 2.05) is 6.07 Å². The Morgan fingerprint density at radius 3 is 2.54 bits per heavy atom. The molecule has 1 aliphatic carbocycles. The molecule has 1 aliphatic rings. The summed E-state index contributed by atoms with van der Waals surface area (Å²) in [5, 5.41) is 14.6. The van der Waals surface area contributed by atoms with Crippen molar-refractivity contribution in [2.45, 2.75) is 58.8 Å². The molecule has 7 rings (SSSR count). The summed E-state index contributed by atoms with van der Waals surface area (Å²) in [4.78, 5) is 13.7. The maximum absolute atomic E-state index is 5.23. The second-order valence-electron chi connectivity index (χ2n) is 11.1. The average Bonchev–Trinajstić information content (AvgIpc) is 3.77. The highest BCUT2D eigenvalue weighted by Gasteiger charge is 2.30. The fraction of sp³-hybridized carbons (Fsp3) is 0.265. The van der Waals surface area contributed by atoms with Crippen LogP contribution in [0.4, 0.5) is 0 Å². The fourth-order valence-corrected chi connectivity index (χ4v) is 6.56. The molecular formula is C34H33N7. The van der Waals surface area contributed by atoms with Crippen molar-refractivity contribution >= 4 is 11.2 Å². The number of tetrazole rings is 1. The lowest BCUT2D eigenvalue weighted by atomic mass is 9.86. The Balaban J connectivity index is 1.30. The van der Waals surface area contributed by atoms with E-state index in [1.165, 1.54) is 44.6 Å². The molecule has 0 saturated heterocycles. The van der Waals surface area contributed by atoms with Crippen LogP contribution in [-0.4, -0.2) is 35.6 Å². The largest absolute Gasteiger partial charge is 0.327 e. The van der Waals surface area contributed by atoms with E-state index < -0.39 is 0 Å². The first-order chi connectivity index (χ1) is 20.1. The number of imidazole rings is 1. The number of aryl methyl sites for hydroxylation is 6. The van der Waals surface area contributed by atoms with Crippen molar-refractivity contribution < 1.29 is 0 Å². The summed E-state index contributed by atoms with van der Waals surface area (Å²) in [5.74, 6) is 1.98. The Morgan fingerprint density at radius 1 is 0.902 bits per heavy atom. The Labute approximate surface area is 239 Å². The molecule has 0 unspecified atom stereocenters. The van der Waals surface area contributed by atoms with Gasteiger partial charge >= 0.3 is 0 Å². The number of fused-ring (bicyclic) bond motifs is 2. The molecule has 0 fully saturated rings. The van der Waals surface area contributed by atoms with Crippen LogP contribution < -0.4 is 0 Å². The number of rotatable bonds is 7. The molecule has 0 amide bonds. The number of nitrogens with zero attached hydrogens (tertiary/aromatic N) is 5. The molecular weight excluding hydrogens is 506 g/mol. The third-order valence-electron chi connectivity index (χ3n) is 8.69. The van der Waals surface area contributed by atoms with Crippen LogP contribution in [0.5, 0.6) is 0 Å². The van der Waals surface area contributed by atoms with Crippen LogP contribution in [0.3, 0.4) is 0 Å². The highest BCUT2D eigenvalue weighted by atomic mass is 15.5. The van der Waals surface area contributed by atoms with Crippen molar-refractivity contribution in [2.75, 3.05) is 0 Å². The molecule has 7 nitrogen and oxygen atoms in total. The SMILES string of the molecule is CCc1nc2c(C)c([C@H]3CCc4cc(-c5ccccc5-c5nnn[nH]5)ccc43)c(CCc3ccccc3C)nc2[nH]1. The molecule has 204 valence electrons. The van der Waals surface area contributed by atoms with Gasteiger partial charge in [-0.1, -0.05) is 73.7 Å². The topological polar surface area (TPSA) is 96.0 Å². The van der Waals surface area contributed by atoms with E-state index in [0.29, 0.717) is 11.7 Å². The Hall–Kier alpha value is -4.65. The maximum Gasteiger partial charge on any atom is 0.180 e. The van der Waals surface area contributed by atoms with Crippen LogP contribution in [0, 0.1) is 13.8 Å². The Bertz CT molecular complexity index is 1870. The first kappa shape index (κ1) is 25.3. The molecule has 0 saturated carbocycles. The Morgan fingerprint density at radius 2 is 1.73 bits per heavy atom. The normalized spacial score (nSPS) is 14.6. The van der Waals surface area contributed by atoms with Crippen LogP contribution in [0.1, 0.15) is 64.2 Å². The zero-order valence-electron chi connectivity index (χ0n) is 23.7. The number of aromatic amines is 2. The quantitative estimate of drug-likeness (QED) is 0.231. The number of H-pyrrole nitrogens is 2. The van der Waals surface area contributed by atoms with Gasteiger partial charge in [0.2, 0.25) is 0 Å². The molecule has 3 heterocycles. The van der Waals surface area contributed by atoms with Gasteiger partial charge in [-0.3, -0.25) is 0 Å². The van der Waals surface area contributed by atoms with Crippen molar-refractivity contribution in [1.29, 1.82) is 0 Å². The van der Waals surface area contributed by atoms with Gasteiger partial charge in [-0.25, -0.2) is 15.1 Å². The van der Waals surface area contributed by atoms with Crippen LogP contribution in [0.2, 0.25) is 0 Å². The van der Waals surface area contributed by atoms with Crippen molar-refractivity contribution in [3.05, 3.63) is 112 Å². The van der Waals surface area contributed by atoms with Crippen molar-refractivity contribution in [3.8, 4) is 22.5 Å². The minimum Gasteiger partial charge on any atom is -0.327 e. The monoisotopic (exact) mass is 539 g/mol. The molecule has 6 aromatic rings. The fourth-order valence-electron chi connectivity index (χ4n) is 6.56. The van der Waals surface area contributed by atoms with Crippen molar-refractivity contribution in [3.63, 3.8) is 0 Å². The molecule has 0 aliphatic heterocycles. The molecule has 0 spiro atoms. The molecule has 1 atom stereocenters. The highest BCUT2D eigenvalue weighted by Crippen LogP contribution is 2.44. The van der Waals surface area contributed by atoms with Crippen LogP contribution in [-0.2, 0) is 25.7 Å². The van der Waals surface area contributed by atoms with Crippen LogP contribution in [0.15, 0.2) is 66.7 Å². The van der Waals surface area contributed by atoms with E-state index in [0.717, 1.165) is 60.2 Å². The second kappa shape index (κ2) is 10.4. The molecule has 0 bridgehead atoms. The van der Waals surface area contributed by atoms with Gasteiger partial charge in [-0.05, 0) is 94.5 Å². The molecule has 41 heavy (non-hydrogen) atoms. The minimum absolute atomic E-state index is 0.304. The smallest absolute Gasteiger partial charge is 0.180 e. The van der Waals surface area contributed by atoms with Crippen LogP contribution in [0.25, 0.3) is 33.7 Å². The number of pyridine rings is 1. The maximum atomic E-state index is 5.23. The van der Waals surface area contributed by atoms with Gasteiger partial charge in [0.25, 0.3) is 0 Å². The minimum atomic E-state index is 0.304. The van der Waals surface area contributed by atoms with E-state index in [9.17, 15) is 0 Å². The summed E-state index contributed by atoms with van der Waals surface area (Å²) in [6, 6.07) is 23.9. The number of hydrogen-bond donors (Lipinski definition) is 2. The zero-order chi connectivity index (χ0) is 27.9. The zero-order valence-corrected chi connectivity index (χ0v) is 23.7. The predicted octanol–water partition coefficient (Wildman–Crippen LogP) is 6.85. The third kappa shape index (κ3) is 4.51. The van der Waals surface area contributed by atoms with Gasteiger partial charge in [0, 0.05) is 23.6 Å². The average molecular weight is 540 g/mol. The third-order valence-corrected chi connectivity index (χ3v) is 8.69. The number of hydrogen-bond acceptors (Lipinski definition) is 5. The van der Waals surface area contributed by atoms with Gasteiger partial charge in [-0.15, -0.1) is 5.10 Å². The molecule has 7 heteroatoms. The van der Waals surface area contributed by atoms with E-state index in [-0.39, 0.29) is 0 Å². The van der Waals surface area contributed by atoms with Gasteiger partial charge < -0.3 is 4.98 Å². The van der Waals surface area contributed by atoms with Gasteiger partial charge in [0.15, 0.2) is 11.5 Å². The van der Waals surface area contributed by atoms with E-state index in [2.05, 4.69) is 107 Å². The van der Waals surface area contributed by atoms with Gasteiger partial charge in [0.05, 0.1) is 0 Å². The van der Waals surface area contributed by atoms with Crippen molar-refractivity contribution in [1.82, 2.24) is 35.6 Å². The van der Waals surface area contributed by atoms with E-state index >= 15 is 0 Å². The first-order valence-corrected chi connectivity index (χ1v) is 14.5. The number of benzene rings is 3. The van der Waals surface area contributed by atoms with Crippen LogP contribution >= 0.6 is 0 Å². The molecule has 0 radical (unpaired) electrons. The predicted molar refractivity (Wildman–Crippen MR) is 162 cm³/mol. The Kier molecular flexibility index (Phi) is 6.42. The first-order valence-electron chi connectivity index (χ1n) is 14.5. The number of aromatic nitrogens is 7. The summed E-state index contributed by atoms with van der Waals surface area (Å²) in [7, 11) is 0. The summed E-state index contributed by atoms with van der Waals surface area (Å²) in [6.07, 6.45) is 4.85. The van der Waals surface area contributed by atoms with Crippen molar-refractivity contribution in [2.24, 2.45) is 0 Å². The lowest BCUT2D eigenvalue weighted by molar-refractivity contribution is 0.754. The molecule has 3 aromatic heterocycles. The summed E-state index contributed by atoms with van der Waals surface area (Å²) < 4.78 is 0.